The SMILES string of the molecule is CCCCn1c2c(cc(C(=O)OCC)c1=O)CCCCCC2. The molecule has 0 radical (unpaired) electrons. The highest BCUT2D eigenvalue weighted by atomic mass is 16.5. The molecule has 1 aromatic heterocycles. The number of fused-ring (bicyclic) bond motifs is 1. The quantitative estimate of drug-likeness (QED) is 0.782. The summed E-state index contributed by atoms with van der Waals surface area (Å²) in [4.78, 5) is 24.8. The van der Waals surface area contributed by atoms with E-state index in [4.69, 9.17) is 4.74 Å². The maximum atomic E-state index is 12.7. The normalized spacial score (nSPS) is 14.8. The number of aryl methyl sites for hydroxylation is 1. The molecule has 4 nitrogen and oxygen atoms in total. The Kier molecular flexibility index (Phi) is 6.22. The van der Waals surface area contributed by atoms with E-state index in [1.807, 2.05) is 4.57 Å². The number of nitrogens with zero attached hydrogens (tertiary/aromatic N) is 1. The molecular formula is C18H27NO3. The standard InChI is InChI=1S/C18H27NO3/c1-3-5-12-19-16-11-9-7-6-8-10-14(16)13-15(17(19)20)18(21)22-4-2/h13H,3-12H2,1-2H3. The Balaban J connectivity index is 2.50. The van der Waals surface area contributed by atoms with Gasteiger partial charge in [-0.05, 0) is 50.7 Å². The van der Waals surface area contributed by atoms with Gasteiger partial charge < -0.3 is 9.30 Å². The van der Waals surface area contributed by atoms with Crippen molar-refractivity contribution in [1.29, 1.82) is 0 Å². The number of ether oxygens (including phenoxy) is 1. The summed E-state index contributed by atoms with van der Waals surface area (Å²) in [5.74, 6) is -0.484. The van der Waals surface area contributed by atoms with Crippen molar-refractivity contribution in [2.24, 2.45) is 0 Å². The third-order valence-corrected chi connectivity index (χ3v) is 4.33. The minimum Gasteiger partial charge on any atom is -0.462 e. The van der Waals surface area contributed by atoms with Gasteiger partial charge >= 0.3 is 5.97 Å². The van der Waals surface area contributed by atoms with Crippen LogP contribution in [0.2, 0.25) is 0 Å². The molecule has 4 heteroatoms. The summed E-state index contributed by atoms with van der Waals surface area (Å²) in [5, 5.41) is 0. The molecule has 0 aliphatic heterocycles. The van der Waals surface area contributed by atoms with Gasteiger partial charge in [-0.3, -0.25) is 4.79 Å². The summed E-state index contributed by atoms with van der Waals surface area (Å²) in [5.41, 5.74) is 2.34. The van der Waals surface area contributed by atoms with E-state index in [1.54, 1.807) is 13.0 Å². The van der Waals surface area contributed by atoms with E-state index in [0.717, 1.165) is 44.2 Å². The largest absolute Gasteiger partial charge is 0.462 e. The average Bonchev–Trinajstić information content (AvgIpc) is 2.48. The van der Waals surface area contributed by atoms with E-state index >= 15 is 0 Å². The number of rotatable bonds is 5. The van der Waals surface area contributed by atoms with Crippen molar-refractivity contribution in [2.75, 3.05) is 6.61 Å². The van der Waals surface area contributed by atoms with Crippen LogP contribution in [-0.4, -0.2) is 17.1 Å². The zero-order valence-electron chi connectivity index (χ0n) is 13.8. The summed E-state index contributed by atoms with van der Waals surface area (Å²) in [6, 6.07) is 1.80. The van der Waals surface area contributed by atoms with Gasteiger partial charge in [0.15, 0.2) is 0 Å². The fraction of sp³-hybridized carbons (Fsp3) is 0.667. The van der Waals surface area contributed by atoms with Crippen molar-refractivity contribution in [3.8, 4) is 0 Å². The monoisotopic (exact) mass is 305 g/mol. The lowest BCUT2D eigenvalue weighted by atomic mass is 9.95. The third-order valence-electron chi connectivity index (χ3n) is 4.33. The van der Waals surface area contributed by atoms with Crippen LogP contribution in [0.25, 0.3) is 0 Å². The molecule has 0 fully saturated rings. The molecule has 0 spiro atoms. The Labute approximate surface area is 132 Å². The van der Waals surface area contributed by atoms with Crippen molar-refractivity contribution >= 4 is 5.97 Å². The van der Waals surface area contributed by atoms with E-state index in [0.29, 0.717) is 13.2 Å². The molecule has 0 aromatic carbocycles. The molecule has 1 aliphatic rings. The lowest BCUT2D eigenvalue weighted by Crippen LogP contribution is -2.31. The Morgan fingerprint density at radius 3 is 2.59 bits per heavy atom. The van der Waals surface area contributed by atoms with Crippen LogP contribution in [0.4, 0.5) is 0 Å². The number of unbranched alkanes of at least 4 members (excludes halogenated alkanes) is 1. The first-order valence-electron chi connectivity index (χ1n) is 8.61. The van der Waals surface area contributed by atoms with Gasteiger partial charge in [-0.25, -0.2) is 4.79 Å². The molecule has 0 bridgehead atoms. The number of carbonyl (C=O) groups excluding carboxylic acids is 1. The molecule has 0 amide bonds. The van der Waals surface area contributed by atoms with Crippen LogP contribution in [-0.2, 0) is 24.1 Å². The fourth-order valence-corrected chi connectivity index (χ4v) is 3.14. The highest BCUT2D eigenvalue weighted by Gasteiger charge is 2.20. The van der Waals surface area contributed by atoms with Crippen LogP contribution in [0, 0.1) is 0 Å². The smallest absolute Gasteiger partial charge is 0.343 e. The maximum Gasteiger partial charge on any atom is 0.343 e. The predicted octanol–water partition coefficient (Wildman–Crippen LogP) is 3.48. The lowest BCUT2D eigenvalue weighted by molar-refractivity contribution is 0.0523. The van der Waals surface area contributed by atoms with E-state index in [9.17, 15) is 9.59 Å². The Morgan fingerprint density at radius 2 is 1.91 bits per heavy atom. The van der Waals surface area contributed by atoms with E-state index in [1.165, 1.54) is 18.4 Å². The Hall–Kier alpha value is -1.58. The second-order valence-corrected chi connectivity index (χ2v) is 5.97. The zero-order valence-corrected chi connectivity index (χ0v) is 13.8. The molecule has 0 unspecified atom stereocenters. The first kappa shape index (κ1) is 16.8. The minimum absolute atomic E-state index is 0.175. The van der Waals surface area contributed by atoms with Crippen molar-refractivity contribution in [1.82, 2.24) is 4.57 Å². The van der Waals surface area contributed by atoms with E-state index < -0.39 is 5.97 Å². The summed E-state index contributed by atoms with van der Waals surface area (Å²) < 4.78 is 6.91. The van der Waals surface area contributed by atoms with Crippen LogP contribution in [0.3, 0.4) is 0 Å². The number of aromatic nitrogens is 1. The summed E-state index contributed by atoms with van der Waals surface area (Å²) >= 11 is 0. The van der Waals surface area contributed by atoms with Gasteiger partial charge in [-0.2, -0.15) is 0 Å². The summed E-state index contributed by atoms with van der Waals surface area (Å²) in [7, 11) is 0. The van der Waals surface area contributed by atoms with Crippen LogP contribution < -0.4 is 5.56 Å². The highest BCUT2D eigenvalue weighted by Crippen LogP contribution is 2.20. The molecule has 0 N–H and O–H groups in total. The molecule has 0 saturated carbocycles. The zero-order chi connectivity index (χ0) is 15.9. The van der Waals surface area contributed by atoms with E-state index in [-0.39, 0.29) is 11.1 Å². The van der Waals surface area contributed by atoms with Crippen molar-refractivity contribution in [3.05, 3.63) is 33.2 Å². The van der Waals surface area contributed by atoms with Gasteiger partial charge in [0, 0.05) is 12.2 Å². The molecule has 1 aromatic rings. The average molecular weight is 305 g/mol. The number of esters is 1. The molecular weight excluding hydrogens is 278 g/mol. The summed E-state index contributed by atoms with van der Waals surface area (Å²) in [6.45, 7) is 4.88. The first-order chi connectivity index (χ1) is 10.7. The van der Waals surface area contributed by atoms with Gasteiger partial charge in [0.1, 0.15) is 5.56 Å². The maximum absolute atomic E-state index is 12.7. The lowest BCUT2D eigenvalue weighted by Gasteiger charge is -2.20. The molecule has 1 aliphatic carbocycles. The minimum atomic E-state index is -0.484. The molecule has 22 heavy (non-hydrogen) atoms. The van der Waals surface area contributed by atoms with Gasteiger partial charge in [0.05, 0.1) is 6.61 Å². The molecule has 0 atom stereocenters. The second-order valence-electron chi connectivity index (χ2n) is 5.97. The van der Waals surface area contributed by atoms with Gasteiger partial charge in [0.2, 0.25) is 0 Å². The predicted molar refractivity (Wildman–Crippen MR) is 87.4 cm³/mol. The van der Waals surface area contributed by atoms with Crippen molar-refractivity contribution in [3.63, 3.8) is 0 Å². The highest BCUT2D eigenvalue weighted by molar-refractivity contribution is 5.89. The number of hydrogen-bond acceptors (Lipinski definition) is 3. The van der Waals surface area contributed by atoms with Crippen LogP contribution in [0.1, 0.15) is 74.0 Å². The Morgan fingerprint density at radius 1 is 1.18 bits per heavy atom. The topological polar surface area (TPSA) is 48.3 Å². The molecule has 122 valence electrons. The third kappa shape index (κ3) is 3.79. The van der Waals surface area contributed by atoms with Gasteiger partial charge in [-0.1, -0.05) is 26.2 Å². The fourth-order valence-electron chi connectivity index (χ4n) is 3.14. The van der Waals surface area contributed by atoms with Crippen molar-refractivity contribution in [2.45, 2.75) is 71.8 Å². The summed E-state index contributed by atoms with van der Waals surface area (Å²) in [6.07, 6.45) is 8.58. The first-order valence-corrected chi connectivity index (χ1v) is 8.61. The number of hydrogen-bond donors (Lipinski definition) is 0. The number of pyridine rings is 1. The Bertz CT molecular complexity index is 574. The van der Waals surface area contributed by atoms with Crippen LogP contribution in [0.5, 0.6) is 0 Å². The van der Waals surface area contributed by atoms with Crippen molar-refractivity contribution < 1.29 is 9.53 Å². The van der Waals surface area contributed by atoms with Gasteiger partial charge in [-0.15, -0.1) is 0 Å². The second kappa shape index (κ2) is 8.16. The molecule has 1 heterocycles. The number of carbonyl (C=O) groups is 1. The van der Waals surface area contributed by atoms with Crippen LogP contribution in [0.15, 0.2) is 10.9 Å². The molecule has 0 saturated heterocycles. The molecule has 2 rings (SSSR count). The van der Waals surface area contributed by atoms with Crippen LogP contribution >= 0.6 is 0 Å². The van der Waals surface area contributed by atoms with E-state index in [2.05, 4.69) is 6.92 Å². The van der Waals surface area contributed by atoms with Gasteiger partial charge in [0.25, 0.3) is 5.56 Å².